The maximum Gasteiger partial charge on any atom is 0.490 e. The number of benzene rings is 2. The summed E-state index contributed by atoms with van der Waals surface area (Å²) in [6.07, 6.45) is -3.09. The molecule has 16 heteroatoms. The number of nitrogens with two attached hydrogens (primary N) is 1. The first kappa shape index (κ1) is 34.2. The predicted octanol–water partition coefficient (Wildman–Crippen LogP) is 5.89. The molecule has 5 N–H and O–H groups in total. The number of halogens is 3. The number of thioether (sulfide) groups is 1. The number of nitrogens with one attached hydrogen (secondary N) is 2. The Morgan fingerprint density at radius 1 is 1.11 bits per heavy atom. The van der Waals surface area contributed by atoms with Crippen molar-refractivity contribution in [3.8, 4) is 39.1 Å². The largest absolute Gasteiger partial charge is 0.493 e. The Labute approximate surface area is 262 Å². The average molecular weight is 669 g/mol. The first-order valence-electron chi connectivity index (χ1n) is 12.3. The summed E-state index contributed by atoms with van der Waals surface area (Å²) in [4.78, 5) is 26.8. The summed E-state index contributed by atoms with van der Waals surface area (Å²) >= 11 is 4.61. The minimum Gasteiger partial charge on any atom is -0.493 e. The van der Waals surface area contributed by atoms with Crippen LogP contribution in [0, 0.1) is 5.41 Å². The van der Waals surface area contributed by atoms with Gasteiger partial charge in [0.25, 0.3) is 5.91 Å². The number of carboxylic acids is 1. The Morgan fingerprint density at radius 3 is 2.43 bits per heavy atom. The number of amides is 1. The summed E-state index contributed by atoms with van der Waals surface area (Å²) in [5.74, 6) is -1.15. The third kappa shape index (κ3) is 9.36. The van der Waals surface area contributed by atoms with Gasteiger partial charge < -0.3 is 30.4 Å². The fourth-order valence-corrected chi connectivity index (χ4v) is 5.98. The molecule has 0 saturated carbocycles. The lowest BCUT2D eigenvalue weighted by molar-refractivity contribution is -0.192. The predicted molar refractivity (Wildman–Crippen MR) is 164 cm³/mol. The quantitative estimate of drug-likeness (QED) is 0.0869. The molecule has 44 heavy (non-hydrogen) atoms. The lowest BCUT2D eigenvalue weighted by atomic mass is 10.1. The van der Waals surface area contributed by atoms with Gasteiger partial charge in [0.1, 0.15) is 16.6 Å². The van der Waals surface area contributed by atoms with E-state index >= 15 is 0 Å². The third-order valence-corrected chi connectivity index (χ3v) is 8.68. The highest BCUT2D eigenvalue weighted by Crippen LogP contribution is 2.38. The van der Waals surface area contributed by atoms with Crippen LogP contribution in [0.1, 0.15) is 10.4 Å². The van der Waals surface area contributed by atoms with Crippen LogP contribution < -0.4 is 25.3 Å². The number of carbonyl (C=O) groups excluding carboxylic acids is 1. The van der Waals surface area contributed by atoms with Crippen LogP contribution in [0.3, 0.4) is 0 Å². The van der Waals surface area contributed by atoms with Crippen molar-refractivity contribution in [2.45, 2.75) is 16.9 Å². The number of carbonyl (C=O) groups is 2. The van der Waals surface area contributed by atoms with E-state index < -0.39 is 12.1 Å². The number of hydrogen-bond donors (Lipinski definition) is 4. The second-order valence-electron chi connectivity index (χ2n) is 8.55. The van der Waals surface area contributed by atoms with Crippen molar-refractivity contribution in [3.05, 3.63) is 64.4 Å². The van der Waals surface area contributed by atoms with Crippen LogP contribution in [0.4, 0.5) is 13.2 Å². The molecule has 2 aromatic heterocycles. The zero-order valence-corrected chi connectivity index (χ0v) is 25.9. The fraction of sp³-hybridized carbons (Fsp3) is 0.214. The van der Waals surface area contributed by atoms with Crippen molar-refractivity contribution in [1.29, 1.82) is 5.41 Å². The van der Waals surface area contributed by atoms with Crippen molar-refractivity contribution in [2.75, 3.05) is 27.1 Å². The lowest BCUT2D eigenvalue weighted by Crippen LogP contribution is -2.28. The number of ether oxygens (including phenoxy) is 3. The molecule has 0 aliphatic carbocycles. The number of nitrogens with zero attached hydrogens (tertiary/aromatic N) is 1. The van der Waals surface area contributed by atoms with Crippen molar-refractivity contribution in [3.63, 3.8) is 0 Å². The molecule has 4 rings (SSSR count). The monoisotopic (exact) mass is 668 g/mol. The van der Waals surface area contributed by atoms with Crippen molar-refractivity contribution in [1.82, 2.24) is 10.3 Å². The van der Waals surface area contributed by atoms with E-state index in [0.717, 1.165) is 36.5 Å². The molecule has 0 unspecified atom stereocenters. The van der Waals surface area contributed by atoms with Gasteiger partial charge in [-0.2, -0.15) is 13.2 Å². The molecular formula is C28H27F3N4O6S3. The molecule has 0 atom stereocenters. The SMILES string of the molecule is COc1ccc(CNC(=O)COc2cccc(-c3csc(-c4cc(SC)sc4C(=N)N)n3)c2)cc1OC.O=C(O)C(F)(F)F. The average Bonchev–Trinajstić information content (AvgIpc) is 3.67. The van der Waals surface area contributed by atoms with E-state index in [4.69, 9.17) is 40.2 Å². The van der Waals surface area contributed by atoms with Crippen LogP contribution in [0.2, 0.25) is 0 Å². The number of thiazole rings is 1. The van der Waals surface area contributed by atoms with Gasteiger partial charge in [0, 0.05) is 23.1 Å². The van der Waals surface area contributed by atoms with E-state index in [0.29, 0.717) is 23.8 Å². The molecule has 0 aliphatic rings. The van der Waals surface area contributed by atoms with Crippen LogP contribution in [-0.2, 0) is 16.1 Å². The van der Waals surface area contributed by atoms with Crippen LogP contribution in [-0.4, -0.2) is 61.1 Å². The maximum atomic E-state index is 12.4. The second kappa shape index (κ2) is 15.4. The highest BCUT2D eigenvalue weighted by Gasteiger charge is 2.38. The highest BCUT2D eigenvalue weighted by atomic mass is 32.2. The molecule has 0 spiro atoms. The highest BCUT2D eigenvalue weighted by molar-refractivity contribution is 8.00. The second-order valence-corrected chi connectivity index (χ2v) is 11.6. The Kier molecular flexibility index (Phi) is 12.0. The first-order valence-corrected chi connectivity index (χ1v) is 15.3. The Bertz CT molecular complexity index is 1620. The number of rotatable bonds is 11. The van der Waals surface area contributed by atoms with Gasteiger partial charge in [-0.05, 0) is 42.2 Å². The number of thiophene rings is 1. The van der Waals surface area contributed by atoms with Crippen LogP contribution in [0.25, 0.3) is 21.8 Å². The summed E-state index contributed by atoms with van der Waals surface area (Å²) < 4.78 is 49.1. The fourth-order valence-electron chi connectivity index (χ4n) is 3.49. The van der Waals surface area contributed by atoms with Crippen LogP contribution >= 0.6 is 34.4 Å². The number of alkyl halides is 3. The Morgan fingerprint density at radius 2 is 1.82 bits per heavy atom. The number of nitrogen functional groups attached to an aromatic ring is 1. The third-order valence-electron chi connectivity index (χ3n) is 5.57. The van der Waals surface area contributed by atoms with Gasteiger partial charge in [-0.1, -0.05) is 18.2 Å². The number of aromatic nitrogens is 1. The van der Waals surface area contributed by atoms with Crippen molar-refractivity contribution >= 4 is 52.1 Å². The zero-order chi connectivity index (χ0) is 32.4. The topological polar surface area (TPSA) is 157 Å². The van der Waals surface area contributed by atoms with Gasteiger partial charge in [-0.15, -0.1) is 34.4 Å². The molecule has 0 radical (unpaired) electrons. The van der Waals surface area contributed by atoms with E-state index in [1.54, 1.807) is 38.1 Å². The Balaban J connectivity index is 0.000000676. The molecule has 234 valence electrons. The first-order chi connectivity index (χ1) is 20.9. The normalized spacial score (nSPS) is 10.8. The number of hydrogen-bond acceptors (Lipinski definition) is 10. The molecular weight excluding hydrogens is 642 g/mol. The number of aliphatic carboxylic acids is 1. The molecule has 10 nitrogen and oxygen atoms in total. The van der Waals surface area contributed by atoms with Gasteiger partial charge in [0.15, 0.2) is 18.1 Å². The van der Waals surface area contributed by atoms with Crippen LogP contribution in [0.15, 0.2) is 58.1 Å². The summed E-state index contributed by atoms with van der Waals surface area (Å²) in [7, 11) is 3.15. The van der Waals surface area contributed by atoms with Crippen LogP contribution in [0.5, 0.6) is 17.2 Å². The summed E-state index contributed by atoms with van der Waals surface area (Å²) in [6.45, 7) is 0.223. The molecule has 0 saturated heterocycles. The van der Waals surface area contributed by atoms with Gasteiger partial charge in [0.05, 0.1) is 29.0 Å². The zero-order valence-electron chi connectivity index (χ0n) is 23.5. The number of methoxy groups -OCH3 is 2. The van der Waals surface area contributed by atoms with Crippen molar-refractivity contribution in [2.24, 2.45) is 5.73 Å². The van der Waals surface area contributed by atoms with Gasteiger partial charge in [-0.3, -0.25) is 10.2 Å². The molecule has 2 heterocycles. The van der Waals surface area contributed by atoms with E-state index in [-0.39, 0.29) is 18.3 Å². The maximum absolute atomic E-state index is 12.4. The molecule has 4 aromatic rings. The molecule has 1 amide bonds. The smallest absolute Gasteiger partial charge is 0.490 e. The van der Waals surface area contributed by atoms with Gasteiger partial charge in [-0.25, -0.2) is 9.78 Å². The van der Waals surface area contributed by atoms with Crippen molar-refractivity contribution < 1.29 is 42.1 Å². The van der Waals surface area contributed by atoms with E-state index in [9.17, 15) is 18.0 Å². The Hall–Kier alpha value is -4.28. The summed E-state index contributed by atoms with van der Waals surface area (Å²) in [5.41, 5.74) is 9.21. The minimum absolute atomic E-state index is 0.0388. The van der Waals surface area contributed by atoms with E-state index in [1.165, 1.54) is 22.7 Å². The molecule has 0 bridgehead atoms. The number of amidine groups is 1. The molecule has 2 aromatic carbocycles. The van der Waals surface area contributed by atoms with Gasteiger partial charge in [0.2, 0.25) is 0 Å². The van der Waals surface area contributed by atoms with Gasteiger partial charge >= 0.3 is 12.1 Å². The summed E-state index contributed by atoms with van der Waals surface area (Å²) in [5, 5.41) is 20.6. The lowest BCUT2D eigenvalue weighted by Gasteiger charge is -2.11. The minimum atomic E-state index is -5.08. The standard InChI is InChI=1S/C26H26N4O4S3.C2HF3O2/c1-32-20-8-7-15(9-21(20)33-2)12-29-22(31)13-34-17-6-4-5-16(10-17)19-14-36-26(30-19)18-11-23(35-3)37-24(18)25(27)28;3-2(4,5)1(6)7/h4-11,14H,12-13H2,1-3H3,(H3,27,28)(H,29,31);(H,6,7). The molecule has 0 fully saturated rings. The summed E-state index contributed by atoms with van der Waals surface area (Å²) in [6, 6.07) is 15.0. The van der Waals surface area contributed by atoms with E-state index in [1.807, 2.05) is 48.0 Å². The number of carboxylic acid groups (broad SMARTS) is 1. The van der Waals surface area contributed by atoms with E-state index in [2.05, 4.69) is 5.32 Å². The molecule has 0 aliphatic heterocycles.